The molecule has 0 aliphatic rings. The summed E-state index contributed by atoms with van der Waals surface area (Å²) < 4.78 is 66.3. The summed E-state index contributed by atoms with van der Waals surface area (Å²) in [5.74, 6) is -7.52. The zero-order valence-corrected chi connectivity index (χ0v) is 11.2. The summed E-state index contributed by atoms with van der Waals surface area (Å²) in [5.41, 5.74) is -0.967. The molecule has 2 rings (SSSR count). The maximum Gasteiger partial charge on any atom is 0.253 e. The lowest BCUT2D eigenvalue weighted by Gasteiger charge is -2.10. The van der Waals surface area contributed by atoms with Crippen LogP contribution in [0.15, 0.2) is 22.7 Å². The topological polar surface area (TPSA) is 24.9 Å². The highest BCUT2D eigenvalue weighted by Gasteiger charge is 2.20. The molecule has 1 aromatic heterocycles. The molecule has 0 aliphatic heterocycles. The van der Waals surface area contributed by atoms with Gasteiger partial charge in [-0.3, -0.25) is 0 Å². The Labute approximate surface area is 118 Å². The second-order valence-corrected chi connectivity index (χ2v) is 4.70. The Balaban J connectivity index is 2.30. The average molecular weight is 353 g/mol. The summed E-state index contributed by atoms with van der Waals surface area (Å²) in [6.45, 7) is -0.359. The number of nitrogens with zero attached hydrogens (tertiary/aromatic N) is 1. The molecule has 2 aromatic rings. The lowest BCUT2D eigenvalue weighted by Crippen LogP contribution is -2.10. The molecule has 0 fully saturated rings. The van der Waals surface area contributed by atoms with Crippen LogP contribution in [0.25, 0.3) is 0 Å². The Morgan fingerprint density at radius 3 is 2.20 bits per heavy atom. The first kappa shape index (κ1) is 14.7. The van der Waals surface area contributed by atoms with Crippen molar-refractivity contribution in [1.82, 2.24) is 4.98 Å². The van der Waals surface area contributed by atoms with E-state index in [-0.39, 0.29) is 12.1 Å². The minimum atomic E-state index is -1.78. The zero-order chi connectivity index (χ0) is 14.9. The second-order valence-electron chi connectivity index (χ2n) is 3.79. The van der Waals surface area contributed by atoms with Crippen LogP contribution in [-0.4, -0.2) is 4.98 Å². The smallest absolute Gasteiger partial charge is 0.253 e. The molecule has 106 valence electrons. The number of pyridine rings is 1. The molecule has 0 radical (unpaired) electrons. The largest absolute Gasteiger partial charge is 0.376 e. The van der Waals surface area contributed by atoms with Gasteiger partial charge in [-0.25, -0.2) is 4.39 Å². The van der Waals surface area contributed by atoms with E-state index >= 15 is 0 Å². The number of hydrogen-bond donors (Lipinski definition) is 1. The van der Waals surface area contributed by atoms with Crippen LogP contribution in [0, 0.1) is 29.3 Å². The van der Waals surface area contributed by atoms with Crippen molar-refractivity contribution in [3.8, 4) is 0 Å². The highest BCUT2D eigenvalue weighted by atomic mass is 79.9. The van der Waals surface area contributed by atoms with Gasteiger partial charge in [-0.05, 0) is 18.2 Å². The molecule has 0 bridgehead atoms. The van der Waals surface area contributed by atoms with Gasteiger partial charge in [0.25, 0.3) is 11.9 Å². The molecule has 1 heterocycles. The van der Waals surface area contributed by atoms with Crippen molar-refractivity contribution in [2.24, 2.45) is 0 Å². The minimum Gasteiger partial charge on any atom is -0.376 e. The standard InChI is InChI=1S/C12H6BrF5N2/c13-6-1-2-7(14)5(3-6)4-19-10-8(15)11(17)20-12(18)9(10)16/h1-3H,4H2,(H,19,20). The third kappa shape index (κ3) is 2.90. The summed E-state index contributed by atoms with van der Waals surface area (Å²) in [6.07, 6.45) is 0. The molecule has 0 saturated heterocycles. The Morgan fingerprint density at radius 1 is 1.00 bits per heavy atom. The number of hydrogen-bond acceptors (Lipinski definition) is 2. The summed E-state index contributed by atoms with van der Waals surface area (Å²) in [7, 11) is 0. The van der Waals surface area contributed by atoms with Crippen molar-refractivity contribution in [1.29, 1.82) is 0 Å². The van der Waals surface area contributed by atoms with Gasteiger partial charge < -0.3 is 5.32 Å². The van der Waals surface area contributed by atoms with Crippen molar-refractivity contribution >= 4 is 21.6 Å². The molecule has 8 heteroatoms. The predicted molar refractivity (Wildman–Crippen MR) is 65.5 cm³/mol. The highest BCUT2D eigenvalue weighted by molar-refractivity contribution is 9.10. The number of aromatic nitrogens is 1. The van der Waals surface area contributed by atoms with Gasteiger partial charge in [0.15, 0.2) is 0 Å². The fourth-order valence-electron chi connectivity index (χ4n) is 1.50. The Bertz CT molecular complexity index is 637. The van der Waals surface area contributed by atoms with E-state index in [4.69, 9.17) is 0 Å². The molecule has 20 heavy (non-hydrogen) atoms. The van der Waals surface area contributed by atoms with Crippen LogP contribution in [0.1, 0.15) is 5.56 Å². The van der Waals surface area contributed by atoms with Crippen LogP contribution in [0.4, 0.5) is 27.6 Å². The van der Waals surface area contributed by atoms with E-state index in [1.54, 1.807) is 0 Å². The molecule has 0 saturated carbocycles. The van der Waals surface area contributed by atoms with Crippen LogP contribution < -0.4 is 5.32 Å². The van der Waals surface area contributed by atoms with Crippen molar-refractivity contribution in [3.05, 3.63) is 57.6 Å². The van der Waals surface area contributed by atoms with Crippen molar-refractivity contribution in [2.45, 2.75) is 6.54 Å². The van der Waals surface area contributed by atoms with Crippen molar-refractivity contribution in [3.63, 3.8) is 0 Å². The first-order valence-corrected chi connectivity index (χ1v) is 6.07. The Morgan fingerprint density at radius 2 is 1.60 bits per heavy atom. The van der Waals surface area contributed by atoms with Crippen LogP contribution in [-0.2, 0) is 6.54 Å². The molecule has 1 aromatic carbocycles. The van der Waals surface area contributed by atoms with E-state index in [2.05, 4.69) is 26.2 Å². The lowest BCUT2D eigenvalue weighted by atomic mass is 10.2. The number of anilines is 1. The zero-order valence-electron chi connectivity index (χ0n) is 9.65. The molecular weight excluding hydrogens is 347 g/mol. The lowest BCUT2D eigenvalue weighted by molar-refractivity contribution is 0.410. The first-order chi connectivity index (χ1) is 9.40. The van der Waals surface area contributed by atoms with Crippen molar-refractivity contribution in [2.75, 3.05) is 5.32 Å². The van der Waals surface area contributed by atoms with Gasteiger partial charge in [-0.15, -0.1) is 0 Å². The van der Waals surface area contributed by atoms with Gasteiger partial charge >= 0.3 is 0 Å². The molecule has 0 spiro atoms. The van der Waals surface area contributed by atoms with Crippen LogP contribution >= 0.6 is 15.9 Å². The molecular formula is C12H6BrF5N2. The summed E-state index contributed by atoms with van der Waals surface area (Å²) in [6, 6.07) is 3.94. The van der Waals surface area contributed by atoms with Gasteiger partial charge in [-0.2, -0.15) is 22.5 Å². The highest BCUT2D eigenvalue weighted by Crippen LogP contribution is 2.23. The quantitative estimate of drug-likeness (QED) is 0.663. The minimum absolute atomic E-state index is 0.0656. The van der Waals surface area contributed by atoms with E-state index in [1.807, 2.05) is 0 Å². The summed E-state index contributed by atoms with van der Waals surface area (Å²) in [5, 5.41) is 2.12. The van der Waals surface area contributed by atoms with Gasteiger partial charge in [0.1, 0.15) is 11.5 Å². The third-order valence-corrected chi connectivity index (χ3v) is 2.95. The van der Waals surface area contributed by atoms with Gasteiger partial charge in [0.2, 0.25) is 11.6 Å². The van der Waals surface area contributed by atoms with Crippen molar-refractivity contribution < 1.29 is 22.0 Å². The maximum absolute atomic E-state index is 13.4. The average Bonchev–Trinajstić information content (AvgIpc) is 2.40. The summed E-state index contributed by atoms with van der Waals surface area (Å²) >= 11 is 3.10. The number of benzene rings is 1. The van der Waals surface area contributed by atoms with Gasteiger partial charge in [0, 0.05) is 16.6 Å². The van der Waals surface area contributed by atoms with Crippen LogP contribution in [0.5, 0.6) is 0 Å². The van der Waals surface area contributed by atoms with Crippen LogP contribution in [0.3, 0.4) is 0 Å². The van der Waals surface area contributed by atoms with Gasteiger partial charge in [0.05, 0.1) is 0 Å². The molecule has 0 aliphatic carbocycles. The fraction of sp³-hybridized carbons (Fsp3) is 0.0833. The molecule has 0 atom stereocenters. The number of halogens is 6. The molecule has 0 amide bonds. The van der Waals surface area contributed by atoms with E-state index in [0.29, 0.717) is 4.47 Å². The molecule has 1 N–H and O–H groups in total. The first-order valence-electron chi connectivity index (χ1n) is 5.28. The van der Waals surface area contributed by atoms with Gasteiger partial charge in [-0.1, -0.05) is 15.9 Å². The fourth-order valence-corrected chi connectivity index (χ4v) is 1.91. The maximum atomic E-state index is 13.4. The number of nitrogens with one attached hydrogen (secondary N) is 1. The van der Waals surface area contributed by atoms with Crippen LogP contribution in [0.2, 0.25) is 0 Å². The van der Waals surface area contributed by atoms with E-state index in [9.17, 15) is 22.0 Å². The van der Waals surface area contributed by atoms with E-state index in [1.165, 1.54) is 12.1 Å². The monoisotopic (exact) mass is 352 g/mol. The Kier molecular flexibility index (Phi) is 4.22. The normalized spacial score (nSPS) is 10.7. The molecule has 0 unspecified atom stereocenters. The Hall–Kier alpha value is -1.70. The third-order valence-electron chi connectivity index (χ3n) is 2.46. The SMILES string of the molecule is Fc1ccc(Br)cc1CNc1c(F)c(F)nc(F)c1F. The van der Waals surface area contributed by atoms with E-state index in [0.717, 1.165) is 6.07 Å². The summed E-state index contributed by atoms with van der Waals surface area (Å²) in [4.78, 5) is 2.42. The van der Waals surface area contributed by atoms with E-state index < -0.39 is 35.0 Å². The second kappa shape index (κ2) is 5.74. The number of rotatable bonds is 3. The molecule has 2 nitrogen and oxygen atoms in total. The predicted octanol–water partition coefficient (Wildman–Crippen LogP) is 4.15.